The van der Waals surface area contributed by atoms with Gasteiger partial charge in [0, 0.05) is 57.3 Å². The van der Waals surface area contributed by atoms with Gasteiger partial charge in [0.2, 0.25) is 11.8 Å². The second kappa shape index (κ2) is 10.6. The van der Waals surface area contributed by atoms with Crippen LogP contribution in [0.5, 0.6) is 0 Å². The smallest absolute Gasteiger partial charge is 0.222 e. The second-order valence-electron chi connectivity index (χ2n) is 3.47. The van der Waals surface area contributed by atoms with Gasteiger partial charge in [0.05, 0.1) is 0 Å². The van der Waals surface area contributed by atoms with Crippen LogP contribution in [-0.2, 0) is 20.4 Å². The molecular weight excluding hydrogens is 228 g/mol. The number of hydrogen-bond donors (Lipinski definition) is 1. The molecule has 0 bridgehead atoms. The molecule has 5 nitrogen and oxygen atoms in total. The van der Waals surface area contributed by atoms with E-state index in [4.69, 9.17) is 0 Å². The molecule has 1 fully saturated rings. The third-order valence-electron chi connectivity index (χ3n) is 1.66. The first kappa shape index (κ1) is 17.5. The predicted molar refractivity (Wildman–Crippen MR) is 66.6 cm³/mol. The zero-order valence-electron chi connectivity index (χ0n) is 10.7. The van der Waals surface area contributed by atoms with Gasteiger partial charge in [-0.05, 0) is 6.42 Å². The lowest BCUT2D eigenvalue weighted by Crippen LogP contribution is -2.17. The monoisotopic (exact) mass is 250 g/mol. The third kappa shape index (κ3) is 15.6. The number of carbonyl (C=O) groups excluding carboxylic acids is 2. The number of hydrogen-bond acceptors (Lipinski definition) is 3. The lowest BCUT2D eigenvalue weighted by atomic mass is 10.4. The van der Waals surface area contributed by atoms with Gasteiger partial charge in [-0.2, -0.15) is 0 Å². The Hall–Kier alpha value is -0.910. The van der Waals surface area contributed by atoms with E-state index in [1.54, 1.807) is 24.5 Å². The summed E-state index contributed by atoms with van der Waals surface area (Å²) in [6.45, 7) is 2.43. The second-order valence-corrected chi connectivity index (χ2v) is 4.95. The van der Waals surface area contributed by atoms with Crippen molar-refractivity contribution in [1.29, 1.82) is 0 Å². The molecule has 1 rings (SSSR count). The average molecular weight is 250 g/mol. The van der Waals surface area contributed by atoms with E-state index in [0.29, 0.717) is 5.91 Å². The Morgan fingerprint density at radius 1 is 1.44 bits per heavy atom. The number of nitrogens with one attached hydrogen (secondary N) is 1. The van der Waals surface area contributed by atoms with Crippen molar-refractivity contribution in [3.63, 3.8) is 0 Å². The van der Waals surface area contributed by atoms with E-state index in [2.05, 4.69) is 5.32 Å². The lowest BCUT2D eigenvalue weighted by molar-refractivity contribution is -0.126. The van der Waals surface area contributed by atoms with Gasteiger partial charge in [0.25, 0.3) is 0 Å². The average Bonchev–Trinajstić information content (AvgIpc) is 2.51. The minimum absolute atomic E-state index is 0.00463. The fraction of sp³-hybridized carbons (Fsp3) is 0.800. The summed E-state index contributed by atoms with van der Waals surface area (Å²) in [7, 11) is 2.83. The molecule has 0 aromatic carbocycles. The van der Waals surface area contributed by atoms with Crippen molar-refractivity contribution in [2.45, 2.75) is 19.8 Å². The van der Waals surface area contributed by atoms with Gasteiger partial charge in [0.1, 0.15) is 0 Å². The van der Waals surface area contributed by atoms with E-state index < -0.39 is 10.8 Å². The molecule has 1 aliphatic heterocycles. The molecule has 6 heteroatoms. The summed E-state index contributed by atoms with van der Waals surface area (Å²) < 4.78 is 9.56. The Bertz CT molecular complexity index is 240. The van der Waals surface area contributed by atoms with Gasteiger partial charge < -0.3 is 10.2 Å². The topological polar surface area (TPSA) is 66.5 Å². The molecular formula is C10H22N2O3S. The van der Waals surface area contributed by atoms with Crippen LogP contribution in [-0.4, -0.2) is 54.1 Å². The maximum Gasteiger partial charge on any atom is 0.222 e. The fourth-order valence-corrected chi connectivity index (χ4v) is 0.783. The summed E-state index contributed by atoms with van der Waals surface area (Å²) in [5.41, 5.74) is 0. The van der Waals surface area contributed by atoms with Gasteiger partial charge in [-0.1, -0.05) is 0 Å². The summed E-state index contributed by atoms with van der Waals surface area (Å²) in [4.78, 5) is 22.0. The highest BCUT2D eigenvalue weighted by Crippen LogP contribution is 2.04. The van der Waals surface area contributed by atoms with Crippen molar-refractivity contribution in [3.8, 4) is 0 Å². The van der Waals surface area contributed by atoms with Gasteiger partial charge in [-0.25, -0.2) is 0 Å². The molecule has 2 amide bonds. The SMILES string of the molecule is CN1CCCC1=O.CNC(C)=O.CS(C)=O. The van der Waals surface area contributed by atoms with E-state index in [0.717, 1.165) is 19.4 Å². The zero-order valence-corrected chi connectivity index (χ0v) is 11.5. The Morgan fingerprint density at radius 3 is 1.88 bits per heavy atom. The van der Waals surface area contributed by atoms with Crippen LogP contribution in [0.2, 0.25) is 0 Å². The Kier molecular flexibility index (Phi) is 11.6. The van der Waals surface area contributed by atoms with E-state index in [-0.39, 0.29) is 5.91 Å². The molecule has 16 heavy (non-hydrogen) atoms. The lowest BCUT2D eigenvalue weighted by Gasteiger charge is -2.03. The highest BCUT2D eigenvalue weighted by Gasteiger charge is 2.14. The quantitative estimate of drug-likeness (QED) is 0.657. The highest BCUT2D eigenvalue weighted by atomic mass is 32.2. The van der Waals surface area contributed by atoms with E-state index >= 15 is 0 Å². The van der Waals surface area contributed by atoms with Crippen LogP contribution in [0.4, 0.5) is 0 Å². The standard InChI is InChI=1S/C5H9NO.C3H7NO.C2H6OS/c1-6-4-2-3-5(6)7;1-3(5)4-2;1-4(2)3/h2-4H2,1H3;1-2H3,(H,4,5);1-2H3. The highest BCUT2D eigenvalue weighted by molar-refractivity contribution is 7.83. The number of carbonyl (C=O) groups is 2. The van der Waals surface area contributed by atoms with Gasteiger partial charge in [-0.3, -0.25) is 13.8 Å². The summed E-state index contributed by atoms with van der Waals surface area (Å²) in [5, 5.41) is 2.39. The van der Waals surface area contributed by atoms with Gasteiger partial charge >= 0.3 is 0 Å². The Labute approximate surface area is 100 Å². The minimum atomic E-state index is -0.611. The predicted octanol–water partition coefficient (Wildman–Crippen LogP) is -0.0144. The van der Waals surface area contributed by atoms with Crippen molar-refractivity contribution >= 4 is 22.6 Å². The summed E-state index contributed by atoms with van der Waals surface area (Å²) in [5.74, 6) is 0.296. The molecule has 0 atom stereocenters. The summed E-state index contributed by atoms with van der Waals surface area (Å²) >= 11 is 0. The Morgan fingerprint density at radius 2 is 1.81 bits per heavy atom. The first-order valence-electron chi connectivity index (χ1n) is 4.98. The first-order valence-corrected chi connectivity index (χ1v) is 6.95. The number of likely N-dealkylation sites (tertiary alicyclic amines) is 1. The molecule has 0 radical (unpaired) electrons. The van der Waals surface area contributed by atoms with Crippen LogP contribution in [0.25, 0.3) is 0 Å². The van der Waals surface area contributed by atoms with Crippen molar-refractivity contribution in [2.24, 2.45) is 0 Å². The molecule has 1 aliphatic rings. The molecule has 1 saturated heterocycles. The van der Waals surface area contributed by atoms with Crippen LogP contribution in [0.15, 0.2) is 0 Å². The van der Waals surface area contributed by atoms with Crippen molar-refractivity contribution in [3.05, 3.63) is 0 Å². The molecule has 0 saturated carbocycles. The zero-order chi connectivity index (χ0) is 13.1. The number of nitrogens with zero attached hydrogens (tertiary/aromatic N) is 1. The first-order chi connectivity index (χ1) is 7.31. The summed E-state index contributed by atoms with van der Waals surface area (Å²) in [6.07, 6.45) is 5.09. The van der Waals surface area contributed by atoms with Crippen LogP contribution in [0.1, 0.15) is 19.8 Å². The van der Waals surface area contributed by atoms with Crippen LogP contribution in [0, 0.1) is 0 Å². The maximum absolute atomic E-state index is 10.5. The summed E-state index contributed by atoms with van der Waals surface area (Å²) in [6, 6.07) is 0. The molecule has 0 spiro atoms. The van der Waals surface area contributed by atoms with E-state index in [1.165, 1.54) is 6.92 Å². The molecule has 1 heterocycles. The number of rotatable bonds is 0. The fourth-order valence-electron chi connectivity index (χ4n) is 0.783. The van der Waals surface area contributed by atoms with Crippen molar-refractivity contribution in [2.75, 3.05) is 33.2 Å². The van der Waals surface area contributed by atoms with E-state index in [9.17, 15) is 13.8 Å². The van der Waals surface area contributed by atoms with Gasteiger partial charge in [-0.15, -0.1) is 0 Å². The molecule has 0 aromatic heterocycles. The normalized spacial score (nSPS) is 13.6. The minimum Gasteiger partial charge on any atom is -0.359 e. The van der Waals surface area contributed by atoms with Crippen LogP contribution >= 0.6 is 0 Å². The maximum atomic E-state index is 10.5. The van der Waals surface area contributed by atoms with Crippen molar-refractivity contribution in [1.82, 2.24) is 10.2 Å². The molecule has 0 aromatic rings. The number of amides is 2. The van der Waals surface area contributed by atoms with E-state index in [1.807, 2.05) is 7.05 Å². The molecule has 1 N–H and O–H groups in total. The van der Waals surface area contributed by atoms with Crippen molar-refractivity contribution < 1.29 is 13.8 Å². The molecule has 96 valence electrons. The van der Waals surface area contributed by atoms with Gasteiger partial charge in [0.15, 0.2) is 0 Å². The molecule has 0 unspecified atom stereocenters. The Balaban J connectivity index is 0. The van der Waals surface area contributed by atoms with Crippen LogP contribution in [0.3, 0.4) is 0 Å². The third-order valence-corrected chi connectivity index (χ3v) is 1.66. The molecule has 0 aliphatic carbocycles. The van der Waals surface area contributed by atoms with Crippen LogP contribution < -0.4 is 5.32 Å². The largest absolute Gasteiger partial charge is 0.359 e.